The van der Waals surface area contributed by atoms with Gasteiger partial charge in [0.25, 0.3) is 0 Å². The van der Waals surface area contributed by atoms with Gasteiger partial charge in [-0.25, -0.2) is 27.6 Å². The summed E-state index contributed by atoms with van der Waals surface area (Å²) in [6, 6.07) is 1.86. The summed E-state index contributed by atoms with van der Waals surface area (Å²) in [5.41, 5.74) is -2.14. The Morgan fingerprint density at radius 3 is 2.33 bits per heavy atom. The van der Waals surface area contributed by atoms with Crippen molar-refractivity contribution in [1.29, 1.82) is 0 Å². The van der Waals surface area contributed by atoms with Crippen molar-refractivity contribution in [3.8, 4) is 0 Å². The third-order valence-corrected chi connectivity index (χ3v) is 9.30. The van der Waals surface area contributed by atoms with E-state index in [9.17, 15) is 42.3 Å². The fraction of sp³-hybridized carbons (Fsp3) is 0.645. The maximum atomic E-state index is 14.3. The molecule has 1 aromatic rings. The standard InChI is InChI=1S/C31H39F3N4O8/c1-30(2,3)23(35-28(43)45-17-8-4-5-9-17)26(40)38-14-18(46-29(44)37-13-16-7-6-10-21(32)19(16)15-37)11-22(38)25(39)36-31(27(41)42)12-20(31)24(33)34/h6-7,10,17-18,20,22-24H,4-5,8-9,11-15H2,1-3H3,(H,35,43)(H,36,39)(H,41,42)/t18-,20+,22?,23-,31+/m1/s1. The number of hydrogen-bond donors (Lipinski definition) is 3. The molecule has 0 spiro atoms. The van der Waals surface area contributed by atoms with Crippen LogP contribution in [0.2, 0.25) is 0 Å². The topological polar surface area (TPSA) is 155 Å². The summed E-state index contributed by atoms with van der Waals surface area (Å²) in [5.74, 6) is -5.44. The number of aliphatic carboxylic acids is 1. The van der Waals surface area contributed by atoms with Crippen LogP contribution in [0.5, 0.6) is 0 Å². The highest BCUT2D eigenvalue weighted by Gasteiger charge is 2.66. The summed E-state index contributed by atoms with van der Waals surface area (Å²) in [7, 11) is 0. The number of alkyl halides is 2. The molecule has 3 N–H and O–H groups in total. The van der Waals surface area contributed by atoms with Gasteiger partial charge in [-0.3, -0.25) is 14.5 Å². The summed E-state index contributed by atoms with van der Waals surface area (Å²) >= 11 is 0. The summed E-state index contributed by atoms with van der Waals surface area (Å²) in [6.45, 7) is 4.80. The highest BCUT2D eigenvalue weighted by molar-refractivity contribution is 5.96. The number of hydrogen-bond acceptors (Lipinski definition) is 7. The van der Waals surface area contributed by atoms with Crippen LogP contribution < -0.4 is 10.6 Å². The molecule has 0 radical (unpaired) electrons. The molecule has 12 nitrogen and oxygen atoms in total. The van der Waals surface area contributed by atoms with E-state index in [0.29, 0.717) is 24.0 Å². The van der Waals surface area contributed by atoms with Crippen LogP contribution in [0.15, 0.2) is 18.2 Å². The van der Waals surface area contributed by atoms with Gasteiger partial charge in [0, 0.05) is 18.5 Å². The molecule has 5 rings (SSSR count). The number of alkyl carbamates (subject to hydrolysis) is 1. The number of carboxylic acids is 1. The van der Waals surface area contributed by atoms with E-state index in [1.165, 1.54) is 17.0 Å². The number of nitrogens with zero attached hydrogens (tertiary/aromatic N) is 2. The van der Waals surface area contributed by atoms with Gasteiger partial charge in [0.1, 0.15) is 35.6 Å². The molecule has 0 aromatic heterocycles. The SMILES string of the molecule is CC(C)(C)[C@H](NC(=O)OC1CCCC1)C(=O)N1C[C@H](OC(=O)N2Cc3cccc(F)c3C2)CC1C(=O)N[C@@]1(C(=O)O)C[C@H]1C(F)F. The molecular weight excluding hydrogens is 613 g/mol. The highest BCUT2D eigenvalue weighted by Crippen LogP contribution is 2.48. The molecule has 2 saturated carbocycles. The molecule has 5 atom stereocenters. The van der Waals surface area contributed by atoms with Gasteiger partial charge in [0.15, 0.2) is 0 Å². The van der Waals surface area contributed by atoms with Crippen LogP contribution in [0, 0.1) is 17.2 Å². The van der Waals surface area contributed by atoms with Crippen molar-refractivity contribution in [2.24, 2.45) is 11.3 Å². The Bertz CT molecular complexity index is 1400. The van der Waals surface area contributed by atoms with Crippen LogP contribution in [0.25, 0.3) is 0 Å². The van der Waals surface area contributed by atoms with E-state index in [4.69, 9.17) is 9.47 Å². The lowest BCUT2D eigenvalue weighted by atomic mass is 9.85. The summed E-state index contributed by atoms with van der Waals surface area (Å²) < 4.78 is 52.4. The quantitative estimate of drug-likeness (QED) is 0.385. The maximum Gasteiger partial charge on any atom is 0.410 e. The van der Waals surface area contributed by atoms with Crippen molar-refractivity contribution in [3.63, 3.8) is 0 Å². The summed E-state index contributed by atoms with van der Waals surface area (Å²) in [5, 5.41) is 14.5. The fourth-order valence-corrected chi connectivity index (χ4v) is 6.56. The highest BCUT2D eigenvalue weighted by atomic mass is 19.3. The minimum atomic E-state index is -3.00. The Morgan fingerprint density at radius 1 is 1.04 bits per heavy atom. The van der Waals surface area contributed by atoms with Gasteiger partial charge in [0.05, 0.1) is 19.0 Å². The minimum absolute atomic E-state index is 0.0462. The average Bonchev–Trinajstić information content (AvgIpc) is 3.35. The number of carbonyl (C=O) groups is 5. The molecule has 46 heavy (non-hydrogen) atoms. The Hall–Kier alpha value is -4.04. The van der Waals surface area contributed by atoms with Crippen LogP contribution in [0.1, 0.15) is 70.4 Å². The number of halogens is 3. The lowest BCUT2D eigenvalue weighted by Crippen LogP contribution is -2.59. The first-order valence-electron chi connectivity index (χ1n) is 15.4. The van der Waals surface area contributed by atoms with E-state index < -0.39 is 83.7 Å². The normalized spacial score (nSPS) is 26.5. The Labute approximate surface area is 263 Å². The maximum absolute atomic E-state index is 14.3. The van der Waals surface area contributed by atoms with Gasteiger partial charge in [-0.05, 0) is 49.1 Å². The predicted octanol–water partition coefficient (Wildman–Crippen LogP) is 3.56. The van der Waals surface area contributed by atoms with Gasteiger partial charge in [-0.2, -0.15) is 0 Å². The molecule has 0 bridgehead atoms. The Balaban J connectivity index is 1.34. The predicted molar refractivity (Wildman–Crippen MR) is 154 cm³/mol. The first kappa shape index (κ1) is 33.3. The molecule has 2 aliphatic heterocycles. The zero-order chi connectivity index (χ0) is 33.6. The van der Waals surface area contributed by atoms with Crippen molar-refractivity contribution in [2.75, 3.05) is 6.54 Å². The molecule has 4 aliphatic rings. The fourth-order valence-electron chi connectivity index (χ4n) is 6.56. The molecule has 15 heteroatoms. The molecule has 3 fully saturated rings. The Kier molecular flexibility index (Phi) is 9.15. The Morgan fingerprint density at radius 2 is 1.74 bits per heavy atom. The van der Waals surface area contributed by atoms with Gasteiger partial charge < -0.3 is 30.1 Å². The second-order valence-electron chi connectivity index (χ2n) is 13.6. The summed E-state index contributed by atoms with van der Waals surface area (Å²) in [6.07, 6.45) is -3.52. The van der Waals surface area contributed by atoms with Crippen LogP contribution >= 0.6 is 0 Å². The van der Waals surface area contributed by atoms with E-state index in [-0.39, 0.29) is 32.2 Å². The number of carboxylic acid groups (broad SMARTS) is 1. The number of ether oxygens (including phenoxy) is 2. The number of fused-ring (bicyclic) bond motifs is 1. The summed E-state index contributed by atoms with van der Waals surface area (Å²) in [4.78, 5) is 67.9. The molecule has 252 valence electrons. The van der Waals surface area contributed by atoms with E-state index in [2.05, 4.69) is 10.6 Å². The zero-order valence-corrected chi connectivity index (χ0v) is 25.9. The third kappa shape index (κ3) is 6.73. The second kappa shape index (κ2) is 12.6. The van der Waals surface area contributed by atoms with Crippen molar-refractivity contribution in [1.82, 2.24) is 20.4 Å². The van der Waals surface area contributed by atoms with Crippen LogP contribution in [0.3, 0.4) is 0 Å². The van der Waals surface area contributed by atoms with Crippen molar-refractivity contribution in [2.45, 2.75) is 109 Å². The number of rotatable bonds is 8. The average molecular weight is 653 g/mol. The lowest BCUT2D eigenvalue weighted by molar-refractivity contribution is -0.147. The van der Waals surface area contributed by atoms with Gasteiger partial charge >= 0.3 is 18.2 Å². The lowest BCUT2D eigenvalue weighted by Gasteiger charge is -2.35. The number of benzene rings is 1. The number of nitrogens with one attached hydrogen (secondary N) is 2. The third-order valence-electron chi connectivity index (χ3n) is 9.30. The molecule has 1 aromatic carbocycles. The van der Waals surface area contributed by atoms with E-state index in [0.717, 1.165) is 17.7 Å². The van der Waals surface area contributed by atoms with Gasteiger partial charge in [-0.1, -0.05) is 32.9 Å². The largest absolute Gasteiger partial charge is 0.479 e. The first-order valence-corrected chi connectivity index (χ1v) is 15.4. The molecule has 4 amide bonds. The van der Waals surface area contributed by atoms with Crippen LogP contribution in [0.4, 0.5) is 22.8 Å². The monoisotopic (exact) mass is 652 g/mol. The molecule has 2 heterocycles. The number of carbonyl (C=O) groups excluding carboxylic acids is 4. The van der Waals surface area contributed by atoms with Crippen molar-refractivity contribution in [3.05, 3.63) is 35.1 Å². The van der Waals surface area contributed by atoms with E-state index in [1.54, 1.807) is 26.8 Å². The van der Waals surface area contributed by atoms with Gasteiger partial charge in [-0.15, -0.1) is 0 Å². The molecular formula is C31H39F3N4O8. The number of amides is 4. The van der Waals surface area contributed by atoms with E-state index >= 15 is 0 Å². The minimum Gasteiger partial charge on any atom is -0.479 e. The molecule has 2 aliphatic carbocycles. The van der Waals surface area contributed by atoms with E-state index in [1.807, 2.05) is 0 Å². The molecule has 1 unspecified atom stereocenters. The first-order chi connectivity index (χ1) is 21.6. The van der Waals surface area contributed by atoms with Crippen molar-refractivity contribution >= 4 is 30.0 Å². The zero-order valence-electron chi connectivity index (χ0n) is 25.9. The van der Waals surface area contributed by atoms with Crippen LogP contribution in [-0.4, -0.2) is 87.7 Å². The van der Waals surface area contributed by atoms with Crippen LogP contribution in [-0.2, 0) is 36.9 Å². The second-order valence-corrected chi connectivity index (χ2v) is 13.6. The smallest absolute Gasteiger partial charge is 0.410 e. The van der Waals surface area contributed by atoms with Crippen molar-refractivity contribution < 1.29 is 51.7 Å². The van der Waals surface area contributed by atoms with Gasteiger partial charge in [0.2, 0.25) is 18.2 Å². The molecule has 1 saturated heterocycles. The number of likely N-dealkylation sites (tertiary alicyclic amines) is 1.